The van der Waals surface area contributed by atoms with E-state index >= 15 is 0 Å². The van der Waals surface area contributed by atoms with E-state index in [1.165, 1.54) is 0 Å². The molecule has 6 heteroatoms. The summed E-state index contributed by atoms with van der Waals surface area (Å²) >= 11 is 0. The van der Waals surface area contributed by atoms with Crippen LogP contribution < -0.4 is 5.32 Å². The molecule has 0 saturated heterocycles. The van der Waals surface area contributed by atoms with Gasteiger partial charge in [0, 0.05) is 13.2 Å². The molecule has 16 heavy (non-hydrogen) atoms. The Labute approximate surface area is 93.7 Å². The first kappa shape index (κ1) is 10.7. The maximum Gasteiger partial charge on any atom is 0.0799 e. The molecule has 0 aliphatic carbocycles. The fourth-order valence-electron chi connectivity index (χ4n) is 1.63. The zero-order valence-corrected chi connectivity index (χ0v) is 9.33. The van der Waals surface area contributed by atoms with Gasteiger partial charge in [0.2, 0.25) is 0 Å². The summed E-state index contributed by atoms with van der Waals surface area (Å²) < 4.78 is 1.76. The molecule has 2 aromatic rings. The fourth-order valence-corrected chi connectivity index (χ4v) is 1.63. The van der Waals surface area contributed by atoms with E-state index in [0.717, 1.165) is 17.8 Å². The molecule has 0 amide bonds. The van der Waals surface area contributed by atoms with Gasteiger partial charge >= 0.3 is 0 Å². The molecule has 1 N–H and O–H groups in total. The van der Waals surface area contributed by atoms with Crippen LogP contribution in [0.5, 0.6) is 0 Å². The van der Waals surface area contributed by atoms with Crippen molar-refractivity contribution in [1.82, 2.24) is 30.5 Å². The van der Waals surface area contributed by atoms with Gasteiger partial charge in [0.1, 0.15) is 0 Å². The molecule has 0 aromatic carbocycles. The maximum atomic E-state index is 3.94. The summed E-state index contributed by atoms with van der Waals surface area (Å²) in [5.41, 5.74) is 2.07. The van der Waals surface area contributed by atoms with Crippen molar-refractivity contribution in [3.05, 3.63) is 35.9 Å². The Balaban J connectivity index is 2.35. The SMILES string of the molecule is CCNC(c1ccnnc1)c1cnnn1C. The van der Waals surface area contributed by atoms with Crippen LogP contribution in [0.4, 0.5) is 0 Å². The predicted molar refractivity (Wildman–Crippen MR) is 58.6 cm³/mol. The van der Waals surface area contributed by atoms with Crippen LogP contribution >= 0.6 is 0 Å². The van der Waals surface area contributed by atoms with Crippen molar-refractivity contribution in [2.75, 3.05) is 6.54 Å². The van der Waals surface area contributed by atoms with E-state index in [1.807, 2.05) is 13.1 Å². The van der Waals surface area contributed by atoms with E-state index in [4.69, 9.17) is 0 Å². The number of rotatable bonds is 4. The molecule has 0 saturated carbocycles. The lowest BCUT2D eigenvalue weighted by atomic mass is 10.1. The molecule has 0 aliphatic heterocycles. The van der Waals surface area contributed by atoms with E-state index in [0.29, 0.717) is 0 Å². The smallest absolute Gasteiger partial charge is 0.0799 e. The molecule has 0 radical (unpaired) electrons. The average molecular weight is 218 g/mol. The van der Waals surface area contributed by atoms with Crippen LogP contribution in [0.2, 0.25) is 0 Å². The number of hydrogen-bond donors (Lipinski definition) is 1. The third kappa shape index (κ3) is 2.06. The van der Waals surface area contributed by atoms with Gasteiger partial charge in [0.15, 0.2) is 0 Å². The van der Waals surface area contributed by atoms with E-state index in [2.05, 4.69) is 32.7 Å². The zero-order chi connectivity index (χ0) is 11.4. The normalized spacial score (nSPS) is 12.6. The topological polar surface area (TPSA) is 68.5 Å². The highest BCUT2D eigenvalue weighted by Crippen LogP contribution is 2.18. The Morgan fingerprint density at radius 2 is 2.19 bits per heavy atom. The lowest BCUT2D eigenvalue weighted by Gasteiger charge is -2.17. The number of aryl methyl sites for hydroxylation is 1. The molecule has 2 aromatic heterocycles. The minimum atomic E-state index is 0.0560. The quantitative estimate of drug-likeness (QED) is 0.799. The second-order valence-corrected chi connectivity index (χ2v) is 3.45. The fraction of sp³-hybridized carbons (Fsp3) is 0.400. The van der Waals surface area contributed by atoms with Crippen LogP contribution in [0.3, 0.4) is 0 Å². The maximum absolute atomic E-state index is 3.94. The minimum Gasteiger partial charge on any atom is -0.305 e. The average Bonchev–Trinajstić information content (AvgIpc) is 2.73. The third-order valence-electron chi connectivity index (χ3n) is 2.39. The molecule has 2 heterocycles. The molecule has 2 rings (SSSR count). The van der Waals surface area contributed by atoms with Gasteiger partial charge in [-0.25, -0.2) is 0 Å². The van der Waals surface area contributed by atoms with Gasteiger partial charge < -0.3 is 5.32 Å². The molecule has 1 atom stereocenters. The molecule has 0 aliphatic rings. The number of aromatic nitrogens is 5. The van der Waals surface area contributed by atoms with Gasteiger partial charge in [0.25, 0.3) is 0 Å². The molecule has 0 spiro atoms. The Morgan fingerprint density at radius 1 is 1.31 bits per heavy atom. The Bertz CT molecular complexity index is 438. The van der Waals surface area contributed by atoms with Gasteiger partial charge in [-0.15, -0.1) is 5.10 Å². The van der Waals surface area contributed by atoms with Crippen molar-refractivity contribution in [1.29, 1.82) is 0 Å². The summed E-state index contributed by atoms with van der Waals surface area (Å²) in [5, 5.41) is 18.9. The highest BCUT2D eigenvalue weighted by Gasteiger charge is 2.16. The summed E-state index contributed by atoms with van der Waals surface area (Å²) in [7, 11) is 1.88. The van der Waals surface area contributed by atoms with Crippen molar-refractivity contribution in [2.24, 2.45) is 7.05 Å². The molecule has 84 valence electrons. The van der Waals surface area contributed by atoms with Crippen molar-refractivity contribution < 1.29 is 0 Å². The number of nitrogens with one attached hydrogen (secondary N) is 1. The number of hydrogen-bond acceptors (Lipinski definition) is 5. The standard InChI is InChI=1S/C10H14N6/c1-3-11-10(8-4-5-12-13-6-8)9-7-14-15-16(9)2/h4-7,10-11H,3H2,1-2H3. The first-order valence-electron chi connectivity index (χ1n) is 5.17. The summed E-state index contributed by atoms with van der Waals surface area (Å²) in [6.07, 6.45) is 5.19. The van der Waals surface area contributed by atoms with Gasteiger partial charge in [-0.2, -0.15) is 10.2 Å². The summed E-state index contributed by atoms with van der Waals surface area (Å²) in [6.45, 7) is 2.92. The molecule has 1 unspecified atom stereocenters. The molecule has 0 bridgehead atoms. The predicted octanol–water partition coefficient (Wildman–Crippen LogP) is 0.304. The largest absolute Gasteiger partial charge is 0.305 e. The molecule has 6 nitrogen and oxygen atoms in total. The van der Waals surface area contributed by atoms with Crippen LogP contribution in [0.25, 0.3) is 0 Å². The summed E-state index contributed by atoms with van der Waals surface area (Å²) in [5.74, 6) is 0. The minimum absolute atomic E-state index is 0.0560. The number of nitrogens with zero attached hydrogens (tertiary/aromatic N) is 5. The van der Waals surface area contributed by atoms with Gasteiger partial charge in [-0.05, 0) is 18.2 Å². The lowest BCUT2D eigenvalue weighted by Crippen LogP contribution is -2.24. The summed E-state index contributed by atoms with van der Waals surface area (Å²) in [4.78, 5) is 0. The van der Waals surface area contributed by atoms with Crippen molar-refractivity contribution in [3.8, 4) is 0 Å². The van der Waals surface area contributed by atoms with Gasteiger partial charge in [-0.3, -0.25) is 4.68 Å². The van der Waals surface area contributed by atoms with E-state index < -0.39 is 0 Å². The van der Waals surface area contributed by atoms with Gasteiger partial charge in [0.05, 0.1) is 24.1 Å². The second-order valence-electron chi connectivity index (χ2n) is 3.45. The van der Waals surface area contributed by atoms with E-state index in [-0.39, 0.29) is 6.04 Å². The van der Waals surface area contributed by atoms with Crippen molar-refractivity contribution in [3.63, 3.8) is 0 Å². The van der Waals surface area contributed by atoms with Crippen LogP contribution in [-0.4, -0.2) is 31.7 Å². The monoisotopic (exact) mass is 218 g/mol. The second kappa shape index (κ2) is 4.80. The molecular formula is C10H14N6. The van der Waals surface area contributed by atoms with Crippen LogP contribution in [0, 0.1) is 0 Å². The Kier molecular flexibility index (Phi) is 3.21. The summed E-state index contributed by atoms with van der Waals surface area (Å²) in [6, 6.07) is 1.99. The molecule has 0 fully saturated rings. The third-order valence-corrected chi connectivity index (χ3v) is 2.39. The lowest BCUT2D eigenvalue weighted by molar-refractivity contribution is 0.566. The highest BCUT2D eigenvalue weighted by molar-refractivity contribution is 5.22. The van der Waals surface area contributed by atoms with Gasteiger partial charge in [-0.1, -0.05) is 12.1 Å². The first-order chi connectivity index (χ1) is 7.83. The first-order valence-corrected chi connectivity index (χ1v) is 5.17. The molecular weight excluding hydrogens is 204 g/mol. The van der Waals surface area contributed by atoms with Crippen LogP contribution in [-0.2, 0) is 7.05 Å². The van der Waals surface area contributed by atoms with E-state index in [9.17, 15) is 0 Å². The Hall–Kier alpha value is -1.82. The zero-order valence-electron chi connectivity index (χ0n) is 9.33. The van der Waals surface area contributed by atoms with Crippen LogP contribution in [0.15, 0.2) is 24.7 Å². The van der Waals surface area contributed by atoms with Crippen LogP contribution in [0.1, 0.15) is 24.2 Å². The van der Waals surface area contributed by atoms with E-state index in [1.54, 1.807) is 23.3 Å². The van der Waals surface area contributed by atoms with Crippen molar-refractivity contribution in [2.45, 2.75) is 13.0 Å². The van der Waals surface area contributed by atoms with Crippen molar-refractivity contribution >= 4 is 0 Å². The highest BCUT2D eigenvalue weighted by atomic mass is 15.4. The Morgan fingerprint density at radius 3 is 2.75 bits per heavy atom.